The average molecular weight is 309 g/mol. The quantitative estimate of drug-likeness (QED) is 0.327. The van der Waals surface area contributed by atoms with Crippen molar-refractivity contribution in [3.63, 3.8) is 0 Å². The van der Waals surface area contributed by atoms with Crippen LogP contribution in [0, 0.1) is 17.4 Å². The lowest BCUT2D eigenvalue weighted by atomic mass is 9.99. The van der Waals surface area contributed by atoms with Crippen LogP contribution in [0.5, 0.6) is 0 Å². The Labute approximate surface area is 134 Å². The predicted molar refractivity (Wildman–Crippen MR) is 98.2 cm³/mol. The number of hydrogen-bond acceptors (Lipinski definition) is 1. The lowest BCUT2D eigenvalue weighted by Gasteiger charge is -2.38. The molecule has 122 valence electrons. The fourth-order valence-electron chi connectivity index (χ4n) is 3.67. The summed E-state index contributed by atoms with van der Waals surface area (Å²) in [6, 6.07) is 0. The summed E-state index contributed by atoms with van der Waals surface area (Å²) >= 11 is 0. The van der Waals surface area contributed by atoms with Crippen molar-refractivity contribution in [2.24, 2.45) is 5.92 Å². The summed E-state index contributed by atoms with van der Waals surface area (Å²) in [4.78, 5) is 0. The minimum absolute atomic E-state index is 0.0225. The van der Waals surface area contributed by atoms with Gasteiger partial charge < -0.3 is 4.74 Å². The molecule has 2 atom stereocenters. The minimum Gasteiger partial charge on any atom is -0.368 e. The Balaban J connectivity index is 5.62. The molecular weight excluding hydrogens is 272 g/mol. The predicted octanol–water partition coefficient (Wildman–Crippen LogP) is 5.83. The highest BCUT2D eigenvalue weighted by Gasteiger charge is 2.41. The molecule has 0 aromatic heterocycles. The minimum atomic E-state index is -1.65. The molecule has 0 aromatic carbocycles. The Hall–Kier alpha value is -0.523. The first-order chi connectivity index (χ1) is 9.77. The van der Waals surface area contributed by atoms with Crippen LogP contribution in [0.25, 0.3) is 0 Å². The number of allylic oxidation sites excluding steroid dienone is 1. The molecule has 0 spiro atoms. The van der Waals surface area contributed by atoms with Crippen molar-refractivity contribution in [1.82, 2.24) is 0 Å². The van der Waals surface area contributed by atoms with Gasteiger partial charge in [-0.05, 0) is 30.0 Å². The molecule has 0 aliphatic carbocycles. The molecule has 0 rings (SSSR count). The maximum atomic E-state index is 5.69. The topological polar surface area (TPSA) is 9.23 Å². The van der Waals surface area contributed by atoms with E-state index in [1.54, 1.807) is 7.11 Å². The highest BCUT2D eigenvalue weighted by molar-refractivity contribution is 6.90. The first-order valence-corrected chi connectivity index (χ1v) is 10.7. The monoisotopic (exact) mass is 308 g/mol. The van der Waals surface area contributed by atoms with E-state index in [1.807, 2.05) is 0 Å². The van der Waals surface area contributed by atoms with Crippen molar-refractivity contribution in [2.75, 3.05) is 7.11 Å². The molecule has 0 N–H and O–H groups in total. The first-order valence-electron chi connectivity index (χ1n) is 8.46. The van der Waals surface area contributed by atoms with E-state index >= 15 is 0 Å². The molecule has 0 aliphatic rings. The fourth-order valence-corrected chi connectivity index (χ4v) is 8.93. The highest BCUT2D eigenvalue weighted by atomic mass is 28.3. The van der Waals surface area contributed by atoms with E-state index in [1.165, 1.54) is 0 Å². The van der Waals surface area contributed by atoms with E-state index in [9.17, 15) is 0 Å². The molecule has 0 saturated heterocycles. The van der Waals surface area contributed by atoms with Crippen LogP contribution in [-0.2, 0) is 4.74 Å². The maximum Gasteiger partial charge on any atom is 0.146 e. The first kappa shape index (κ1) is 20.5. The van der Waals surface area contributed by atoms with Crippen molar-refractivity contribution in [3.05, 3.63) is 12.2 Å². The lowest BCUT2D eigenvalue weighted by molar-refractivity contribution is 0.113. The molecule has 0 bridgehead atoms. The van der Waals surface area contributed by atoms with E-state index in [4.69, 9.17) is 4.74 Å². The van der Waals surface area contributed by atoms with E-state index in [0.29, 0.717) is 22.5 Å². The Morgan fingerprint density at radius 3 is 1.76 bits per heavy atom. The van der Waals surface area contributed by atoms with Gasteiger partial charge in [-0.3, -0.25) is 0 Å². The lowest BCUT2D eigenvalue weighted by Crippen LogP contribution is -2.43. The Morgan fingerprint density at radius 2 is 1.48 bits per heavy atom. The second-order valence-corrected chi connectivity index (χ2v) is 12.5. The number of methoxy groups -OCH3 is 1. The second kappa shape index (κ2) is 9.49. The molecule has 0 fully saturated rings. The standard InChI is InChI=1S/C19H36OSi/c1-10-12-18(11-2)19(20-9)13-14-21(15(3)4,16(5)6)17(7)8/h10,12,15-19H,11H2,1-9H3/t18-,19-/m1/s1. The molecule has 0 saturated carbocycles. The summed E-state index contributed by atoms with van der Waals surface area (Å²) < 4.78 is 5.69. The third-order valence-electron chi connectivity index (χ3n) is 4.85. The van der Waals surface area contributed by atoms with Crippen LogP contribution >= 0.6 is 0 Å². The van der Waals surface area contributed by atoms with Crippen molar-refractivity contribution in [3.8, 4) is 11.5 Å². The van der Waals surface area contributed by atoms with Crippen LogP contribution in [0.2, 0.25) is 16.6 Å². The highest BCUT2D eigenvalue weighted by Crippen LogP contribution is 2.40. The second-order valence-electron chi connectivity index (χ2n) is 6.92. The number of rotatable bonds is 7. The van der Waals surface area contributed by atoms with Gasteiger partial charge in [-0.15, -0.1) is 5.54 Å². The third kappa shape index (κ3) is 5.00. The smallest absolute Gasteiger partial charge is 0.146 e. The SMILES string of the molecule is CC=C[C@@H](CC)[C@@H](C#C[Si](C(C)C)(C(C)C)C(C)C)OC. The van der Waals surface area contributed by atoms with Crippen LogP contribution in [0.4, 0.5) is 0 Å². The van der Waals surface area contributed by atoms with Crippen LogP contribution in [-0.4, -0.2) is 21.3 Å². The molecule has 0 aliphatic heterocycles. The Bertz CT molecular complexity index is 349. The van der Waals surface area contributed by atoms with Gasteiger partial charge in [-0.25, -0.2) is 0 Å². The van der Waals surface area contributed by atoms with Crippen molar-refractivity contribution in [1.29, 1.82) is 0 Å². The Morgan fingerprint density at radius 1 is 1.00 bits per heavy atom. The normalized spacial score (nSPS) is 15.6. The third-order valence-corrected chi connectivity index (χ3v) is 11.2. The number of ether oxygens (including phenoxy) is 1. The van der Waals surface area contributed by atoms with Gasteiger partial charge in [0.25, 0.3) is 0 Å². The summed E-state index contributed by atoms with van der Waals surface area (Å²) in [5.74, 6) is 3.92. The summed E-state index contributed by atoms with van der Waals surface area (Å²) in [5.41, 5.74) is 5.80. The molecule has 21 heavy (non-hydrogen) atoms. The molecule has 1 nitrogen and oxygen atoms in total. The summed E-state index contributed by atoms with van der Waals surface area (Å²) in [6.45, 7) is 18.4. The van der Waals surface area contributed by atoms with E-state index in [-0.39, 0.29) is 6.10 Å². The fraction of sp³-hybridized carbons (Fsp3) is 0.789. The molecule has 0 aromatic rings. The van der Waals surface area contributed by atoms with Gasteiger partial charge in [0.15, 0.2) is 0 Å². The van der Waals surface area contributed by atoms with Gasteiger partial charge >= 0.3 is 0 Å². The zero-order valence-corrected chi connectivity index (χ0v) is 16.7. The van der Waals surface area contributed by atoms with Gasteiger partial charge in [-0.2, -0.15) is 0 Å². The van der Waals surface area contributed by atoms with Crippen LogP contribution in [0.1, 0.15) is 61.8 Å². The molecule has 0 radical (unpaired) electrons. The molecule has 2 heteroatoms. The van der Waals surface area contributed by atoms with Crippen molar-refractivity contribution >= 4 is 8.07 Å². The largest absolute Gasteiger partial charge is 0.368 e. The van der Waals surface area contributed by atoms with E-state index in [2.05, 4.69) is 79.0 Å². The zero-order valence-electron chi connectivity index (χ0n) is 15.7. The average Bonchev–Trinajstić information content (AvgIpc) is 2.40. The van der Waals surface area contributed by atoms with Gasteiger partial charge in [0.2, 0.25) is 0 Å². The summed E-state index contributed by atoms with van der Waals surface area (Å²) in [7, 11) is 0.133. The van der Waals surface area contributed by atoms with Crippen LogP contribution in [0.15, 0.2) is 12.2 Å². The van der Waals surface area contributed by atoms with Crippen LogP contribution in [0.3, 0.4) is 0 Å². The zero-order chi connectivity index (χ0) is 16.6. The van der Waals surface area contributed by atoms with Crippen molar-refractivity contribution < 1.29 is 4.74 Å². The van der Waals surface area contributed by atoms with Gasteiger partial charge in [0, 0.05) is 13.0 Å². The van der Waals surface area contributed by atoms with Crippen LogP contribution < -0.4 is 0 Å². The number of hydrogen-bond donors (Lipinski definition) is 0. The molecule has 0 heterocycles. The van der Waals surface area contributed by atoms with E-state index < -0.39 is 8.07 Å². The van der Waals surface area contributed by atoms with Crippen molar-refractivity contribution in [2.45, 2.75) is 84.5 Å². The van der Waals surface area contributed by atoms with Gasteiger partial charge in [0.1, 0.15) is 14.2 Å². The van der Waals surface area contributed by atoms with Gasteiger partial charge in [-0.1, -0.05) is 66.5 Å². The summed E-state index contributed by atoms with van der Waals surface area (Å²) in [5, 5.41) is 0. The van der Waals surface area contributed by atoms with Gasteiger partial charge in [0.05, 0.1) is 0 Å². The Kier molecular flexibility index (Phi) is 9.25. The molecular formula is C19H36OSi. The summed E-state index contributed by atoms with van der Waals surface area (Å²) in [6.07, 6.45) is 5.43. The molecule has 0 unspecified atom stereocenters. The maximum absolute atomic E-state index is 5.69. The van der Waals surface area contributed by atoms with E-state index in [0.717, 1.165) is 6.42 Å². The molecule has 0 amide bonds.